The summed E-state index contributed by atoms with van der Waals surface area (Å²) >= 11 is 0. The Balaban J connectivity index is 1.87. The first kappa shape index (κ1) is 15.8. The number of ether oxygens (including phenoxy) is 1. The SMILES string of the molecule is C[C@H]1CN(C(=O)OCc2ccccc2)C[C@@H]1OS(C)(=O)=O. The first-order valence-electron chi connectivity index (χ1n) is 6.69. The Labute approximate surface area is 124 Å². The normalized spacial score (nSPS) is 22.3. The number of amides is 1. The topological polar surface area (TPSA) is 72.9 Å². The summed E-state index contributed by atoms with van der Waals surface area (Å²) in [5.41, 5.74) is 0.905. The molecular formula is C14H19NO5S. The second kappa shape index (κ2) is 6.44. The van der Waals surface area contributed by atoms with Crippen LogP contribution in [0.1, 0.15) is 12.5 Å². The molecule has 1 aliphatic rings. The van der Waals surface area contributed by atoms with Gasteiger partial charge in [0, 0.05) is 12.5 Å². The number of hydrogen-bond donors (Lipinski definition) is 0. The Hall–Kier alpha value is -1.60. The molecule has 0 spiro atoms. The van der Waals surface area contributed by atoms with Gasteiger partial charge in [-0.15, -0.1) is 0 Å². The van der Waals surface area contributed by atoms with Gasteiger partial charge in [-0.25, -0.2) is 4.79 Å². The summed E-state index contributed by atoms with van der Waals surface area (Å²) in [4.78, 5) is 13.4. The predicted molar refractivity (Wildman–Crippen MR) is 77.1 cm³/mol. The minimum Gasteiger partial charge on any atom is -0.445 e. The van der Waals surface area contributed by atoms with Crippen LogP contribution < -0.4 is 0 Å². The van der Waals surface area contributed by atoms with Crippen LogP contribution in [-0.2, 0) is 25.6 Å². The van der Waals surface area contributed by atoms with Gasteiger partial charge in [-0.05, 0) is 5.56 Å². The van der Waals surface area contributed by atoms with Crippen molar-refractivity contribution in [2.75, 3.05) is 19.3 Å². The third-order valence-corrected chi connectivity index (χ3v) is 3.90. The molecule has 6 nitrogen and oxygen atoms in total. The number of likely N-dealkylation sites (tertiary alicyclic amines) is 1. The van der Waals surface area contributed by atoms with Gasteiger partial charge in [0.05, 0.1) is 18.9 Å². The number of benzene rings is 1. The van der Waals surface area contributed by atoms with Crippen molar-refractivity contribution in [3.8, 4) is 0 Å². The lowest BCUT2D eigenvalue weighted by atomic mass is 10.1. The van der Waals surface area contributed by atoms with E-state index >= 15 is 0 Å². The van der Waals surface area contributed by atoms with E-state index in [9.17, 15) is 13.2 Å². The van der Waals surface area contributed by atoms with Crippen LogP contribution in [0.2, 0.25) is 0 Å². The summed E-state index contributed by atoms with van der Waals surface area (Å²) in [5, 5.41) is 0. The Kier molecular flexibility index (Phi) is 4.84. The van der Waals surface area contributed by atoms with E-state index in [1.165, 1.54) is 4.90 Å². The molecule has 1 aliphatic heterocycles. The number of carbonyl (C=O) groups excluding carboxylic acids is 1. The lowest BCUT2D eigenvalue weighted by Gasteiger charge is -2.16. The maximum atomic E-state index is 12.0. The van der Waals surface area contributed by atoms with Gasteiger partial charge in [-0.3, -0.25) is 4.18 Å². The van der Waals surface area contributed by atoms with Crippen molar-refractivity contribution in [2.24, 2.45) is 5.92 Å². The molecule has 116 valence electrons. The van der Waals surface area contributed by atoms with Crippen molar-refractivity contribution in [3.63, 3.8) is 0 Å². The van der Waals surface area contributed by atoms with E-state index in [1.807, 2.05) is 37.3 Å². The molecule has 0 saturated carbocycles. The maximum Gasteiger partial charge on any atom is 0.410 e. The van der Waals surface area contributed by atoms with Gasteiger partial charge in [-0.1, -0.05) is 37.3 Å². The molecule has 1 heterocycles. The monoisotopic (exact) mass is 313 g/mol. The number of carbonyl (C=O) groups is 1. The molecule has 7 heteroatoms. The van der Waals surface area contributed by atoms with Crippen LogP contribution in [0.5, 0.6) is 0 Å². The minimum atomic E-state index is -3.52. The van der Waals surface area contributed by atoms with Crippen molar-refractivity contribution < 1.29 is 22.1 Å². The molecule has 1 saturated heterocycles. The fourth-order valence-electron chi connectivity index (χ4n) is 2.25. The highest BCUT2D eigenvalue weighted by molar-refractivity contribution is 7.86. The number of hydrogen-bond acceptors (Lipinski definition) is 5. The third kappa shape index (κ3) is 4.71. The quantitative estimate of drug-likeness (QED) is 0.790. The third-order valence-electron chi connectivity index (χ3n) is 3.31. The van der Waals surface area contributed by atoms with Gasteiger partial charge < -0.3 is 9.64 Å². The van der Waals surface area contributed by atoms with Gasteiger partial charge in [0.1, 0.15) is 6.61 Å². The molecule has 0 aromatic heterocycles. The lowest BCUT2D eigenvalue weighted by Crippen LogP contribution is -2.31. The summed E-state index contributed by atoms with van der Waals surface area (Å²) in [6.45, 7) is 2.69. The van der Waals surface area contributed by atoms with E-state index in [2.05, 4.69) is 0 Å². The van der Waals surface area contributed by atoms with Gasteiger partial charge >= 0.3 is 6.09 Å². The molecule has 1 amide bonds. The molecule has 0 radical (unpaired) electrons. The van der Waals surface area contributed by atoms with Crippen LogP contribution in [0, 0.1) is 5.92 Å². The van der Waals surface area contributed by atoms with Crippen LogP contribution in [0.4, 0.5) is 4.79 Å². The summed E-state index contributed by atoms with van der Waals surface area (Å²) in [7, 11) is -3.52. The largest absolute Gasteiger partial charge is 0.445 e. The number of rotatable bonds is 4. The molecule has 1 aromatic rings. The average molecular weight is 313 g/mol. The Morgan fingerprint density at radius 1 is 1.29 bits per heavy atom. The second-order valence-electron chi connectivity index (χ2n) is 5.26. The van der Waals surface area contributed by atoms with E-state index in [0.717, 1.165) is 11.8 Å². The van der Waals surface area contributed by atoms with Crippen molar-refractivity contribution >= 4 is 16.2 Å². The molecular weight excluding hydrogens is 294 g/mol. The van der Waals surface area contributed by atoms with E-state index in [4.69, 9.17) is 8.92 Å². The van der Waals surface area contributed by atoms with Crippen molar-refractivity contribution in [1.29, 1.82) is 0 Å². The molecule has 0 bridgehead atoms. The van der Waals surface area contributed by atoms with Crippen LogP contribution in [-0.4, -0.2) is 44.9 Å². The highest BCUT2D eigenvalue weighted by Crippen LogP contribution is 2.21. The Morgan fingerprint density at radius 3 is 2.57 bits per heavy atom. The predicted octanol–water partition coefficient (Wildman–Crippen LogP) is 1.62. The summed E-state index contributed by atoms with van der Waals surface area (Å²) < 4.78 is 32.5. The van der Waals surface area contributed by atoms with Crippen LogP contribution >= 0.6 is 0 Å². The van der Waals surface area contributed by atoms with Gasteiger partial charge in [0.15, 0.2) is 0 Å². The molecule has 2 rings (SSSR count). The van der Waals surface area contributed by atoms with Crippen LogP contribution in [0.15, 0.2) is 30.3 Å². The van der Waals surface area contributed by atoms with Crippen LogP contribution in [0.25, 0.3) is 0 Å². The van der Waals surface area contributed by atoms with E-state index in [1.54, 1.807) is 0 Å². The Bertz CT molecular complexity index is 587. The van der Waals surface area contributed by atoms with Gasteiger partial charge in [-0.2, -0.15) is 8.42 Å². The molecule has 0 unspecified atom stereocenters. The van der Waals surface area contributed by atoms with E-state index in [-0.39, 0.29) is 19.1 Å². The van der Waals surface area contributed by atoms with Crippen LogP contribution in [0.3, 0.4) is 0 Å². The molecule has 2 atom stereocenters. The highest BCUT2D eigenvalue weighted by atomic mass is 32.2. The zero-order valence-electron chi connectivity index (χ0n) is 12.1. The van der Waals surface area contributed by atoms with E-state index in [0.29, 0.717) is 6.54 Å². The minimum absolute atomic E-state index is 0.0519. The Morgan fingerprint density at radius 2 is 1.95 bits per heavy atom. The highest BCUT2D eigenvalue weighted by Gasteiger charge is 2.36. The maximum absolute atomic E-state index is 12.0. The second-order valence-corrected chi connectivity index (χ2v) is 6.86. The van der Waals surface area contributed by atoms with Crippen molar-refractivity contribution in [3.05, 3.63) is 35.9 Å². The van der Waals surface area contributed by atoms with Crippen molar-refractivity contribution in [2.45, 2.75) is 19.6 Å². The summed E-state index contributed by atoms with van der Waals surface area (Å²) in [6.07, 6.45) is 0.0467. The average Bonchev–Trinajstić information content (AvgIpc) is 2.77. The summed E-state index contributed by atoms with van der Waals surface area (Å²) in [5.74, 6) is -0.0519. The smallest absolute Gasteiger partial charge is 0.410 e. The first-order valence-corrected chi connectivity index (χ1v) is 8.50. The van der Waals surface area contributed by atoms with E-state index < -0.39 is 22.3 Å². The first-order chi connectivity index (χ1) is 9.85. The number of nitrogens with zero attached hydrogens (tertiary/aromatic N) is 1. The molecule has 1 aromatic carbocycles. The lowest BCUT2D eigenvalue weighted by molar-refractivity contribution is 0.0995. The fraction of sp³-hybridized carbons (Fsp3) is 0.500. The zero-order chi connectivity index (χ0) is 15.5. The van der Waals surface area contributed by atoms with Gasteiger partial charge in [0.2, 0.25) is 0 Å². The molecule has 1 fully saturated rings. The fourth-order valence-corrected chi connectivity index (χ4v) is 2.95. The molecule has 0 N–H and O–H groups in total. The van der Waals surface area contributed by atoms with Crippen molar-refractivity contribution in [1.82, 2.24) is 4.90 Å². The standard InChI is InChI=1S/C14H19NO5S/c1-11-8-15(9-13(11)20-21(2,17)18)14(16)19-10-12-6-4-3-5-7-12/h3-7,11,13H,8-10H2,1-2H3/t11-,13-/m0/s1. The summed E-state index contributed by atoms with van der Waals surface area (Å²) in [6, 6.07) is 9.37. The zero-order valence-corrected chi connectivity index (χ0v) is 12.9. The van der Waals surface area contributed by atoms with Gasteiger partial charge in [0.25, 0.3) is 10.1 Å². The molecule has 0 aliphatic carbocycles. The molecule has 21 heavy (non-hydrogen) atoms.